The van der Waals surface area contributed by atoms with E-state index in [9.17, 15) is 5.11 Å². The maximum atomic E-state index is 9.18. The fourth-order valence-electron chi connectivity index (χ4n) is 1.47. The van der Waals surface area contributed by atoms with Gasteiger partial charge in [-0.3, -0.25) is 0 Å². The SMILES string of the molecule is COc1cc(Br)c(CNCC(C)O)c(OC)c1. The molecule has 0 aliphatic heterocycles. The third-order valence-electron chi connectivity index (χ3n) is 2.33. The van der Waals surface area contributed by atoms with Gasteiger partial charge in [0.05, 0.1) is 20.3 Å². The van der Waals surface area contributed by atoms with Gasteiger partial charge in [-0.25, -0.2) is 0 Å². The van der Waals surface area contributed by atoms with Crippen molar-refractivity contribution in [2.75, 3.05) is 20.8 Å². The van der Waals surface area contributed by atoms with Crippen molar-refractivity contribution < 1.29 is 14.6 Å². The first-order valence-corrected chi connectivity index (χ1v) is 6.17. The number of hydrogen-bond donors (Lipinski definition) is 2. The first kappa shape index (κ1) is 14.3. The van der Waals surface area contributed by atoms with E-state index in [0.29, 0.717) is 13.1 Å². The average molecular weight is 304 g/mol. The molecule has 0 aliphatic rings. The van der Waals surface area contributed by atoms with Gasteiger partial charge >= 0.3 is 0 Å². The molecule has 0 aliphatic carbocycles. The van der Waals surface area contributed by atoms with E-state index in [1.807, 2.05) is 12.1 Å². The number of benzene rings is 1. The molecule has 0 heterocycles. The summed E-state index contributed by atoms with van der Waals surface area (Å²) in [6.07, 6.45) is -0.363. The average Bonchev–Trinajstić information content (AvgIpc) is 2.30. The third kappa shape index (κ3) is 4.18. The van der Waals surface area contributed by atoms with Crippen molar-refractivity contribution in [3.8, 4) is 11.5 Å². The molecular weight excluding hydrogens is 286 g/mol. The summed E-state index contributed by atoms with van der Waals surface area (Å²) in [7, 11) is 3.24. The van der Waals surface area contributed by atoms with Gasteiger partial charge in [0.25, 0.3) is 0 Å². The van der Waals surface area contributed by atoms with Crippen molar-refractivity contribution in [3.63, 3.8) is 0 Å². The highest BCUT2D eigenvalue weighted by atomic mass is 79.9. The van der Waals surface area contributed by atoms with Crippen LogP contribution in [0.4, 0.5) is 0 Å². The molecule has 1 rings (SSSR count). The zero-order valence-electron chi connectivity index (χ0n) is 10.3. The van der Waals surface area contributed by atoms with Crippen molar-refractivity contribution in [3.05, 3.63) is 22.2 Å². The van der Waals surface area contributed by atoms with Gasteiger partial charge in [-0.2, -0.15) is 0 Å². The van der Waals surface area contributed by atoms with Gasteiger partial charge in [0.15, 0.2) is 0 Å². The molecule has 1 unspecified atom stereocenters. The first-order valence-electron chi connectivity index (χ1n) is 5.37. The Morgan fingerprint density at radius 2 is 2.06 bits per heavy atom. The summed E-state index contributed by atoms with van der Waals surface area (Å²) in [6.45, 7) is 2.91. The highest BCUT2D eigenvalue weighted by molar-refractivity contribution is 9.10. The van der Waals surface area contributed by atoms with E-state index in [2.05, 4.69) is 21.2 Å². The minimum absolute atomic E-state index is 0.363. The lowest BCUT2D eigenvalue weighted by Gasteiger charge is -2.14. The van der Waals surface area contributed by atoms with E-state index in [4.69, 9.17) is 9.47 Å². The second-order valence-corrected chi connectivity index (χ2v) is 4.62. The molecule has 4 nitrogen and oxygen atoms in total. The Balaban J connectivity index is 2.82. The molecule has 0 bridgehead atoms. The molecule has 1 atom stereocenters. The van der Waals surface area contributed by atoms with Crippen LogP contribution in [0.15, 0.2) is 16.6 Å². The number of nitrogens with one attached hydrogen (secondary N) is 1. The van der Waals surface area contributed by atoms with Crippen LogP contribution in [-0.4, -0.2) is 32.0 Å². The lowest BCUT2D eigenvalue weighted by molar-refractivity contribution is 0.190. The number of ether oxygens (including phenoxy) is 2. The lowest BCUT2D eigenvalue weighted by Crippen LogP contribution is -2.24. The highest BCUT2D eigenvalue weighted by Crippen LogP contribution is 2.32. The lowest BCUT2D eigenvalue weighted by atomic mass is 10.2. The minimum Gasteiger partial charge on any atom is -0.497 e. The predicted octanol–water partition coefficient (Wildman–Crippen LogP) is 1.94. The smallest absolute Gasteiger partial charge is 0.128 e. The normalized spacial score (nSPS) is 12.3. The molecule has 1 aromatic carbocycles. The summed E-state index contributed by atoms with van der Waals surface area (Å²) in [4.78, 5) is 0. The van der Waals surface area contributed by atoms with Gasteiger partial charge in [-0.1, -0.05) is 15.9 Å². The first-order chi connectivity index (χ1) is 8.08. The van der Waals surface area contributed by atoms with Gasteiger partial charge < -0.3 is 19.9 Å². The topological polar surface area (TPSA) is 50.7 Å². The third-order valence-corrected chi connectivity index (χ3v) is 3.03. The Bertz CT molecular complexity index is 369. The van der Waals surface area contributed by atoms with E-state index in [0.717, 1.165) is 21.5 Å². The Morgan fingerprint density at radius 3 is 2.59 bits per heavy atom. The number of aliphatic hydroxyl groups is 1. The van der Waals surface area contributed by atoms with Crippen LogP contribution in [0.5, 0.6) is 11.5 Å². The van der Waals surface area contributed by atoms with Gasteiger partial charge in [0.2, 0.25) is 0 Å². The molecule has 2 N–H and O–H groups in total. The molecule has 1 aromatic rings. The molecule has 17 heavy (non-hydrogen) atoms. The maximum Gasteiger partial charge on any atom is 0.128 e. The predicted molar refractivity (Wildman–Crippen MR) is 70.6 cm³/mol. The van der Waals surface area contributed by atoms with Crippen LogP contribution in [0.1, 0.15) is 12.5 Å². The number of halogens is 1. The fraction of sp³-hybridized carbons (Fsp3) is 0.500. The van der Waals surface area contributed by atoms with Crippen LogP contribution in [-0.2, 0) is 6.54 Å². The largest absolute Gasteiger partial charge is 0.497 e. The second kappa shape index (κ2) is 6.83. The molecular formula is C12H18BrNO3. The van der Waals surface area contributed by atoms with Crippen LogP contribution in [0, 0.1) is 0 Å². The van der Waals surface area contributed by atoms with E-state index < -0.39 is 0 Å². The summed E-state index contributed by atoms with van der Waals surface area (Å²) in [6, 6.07) is 3.73. The Hall–Kier alpha value is -0.780. The number of methoxy groups -OCH3 is 2. The molecule has 0 saturated carbocycles. The van der Waals surface area contributed by atoms with Crippen LogP contribution >= 0.6 is 15.9 Å². The molecule has 5 heteroatoms. The number of rotatable bonds is 6. The van der Waals surface area contributed by atoms with Gasteiger partial charge in [-0.15, -0.1) is 0 Å². The molecule has 0 saturated heterocycles. The van der Waals surface area contributed by atoms with Crippen molar-refractivity contribution in [2.45, 2.75) is 19.6 Å². The number of aliphatic hydroxyl groups excluding tert-OH is 1. The van der Waals surface area contributed by atoms with Crippen molar-refractivity contribution in [1.29, 1.82) is 0 Å². The van der Waals surface area contributed by atoms with E-state index in [-0.39, 0.29) is 6.10 Å². The van der Waals surface area contributed by atoms with Crippen LogP contribution < -0.4 is 14.8 Å². The zero-order valence-corrected chi connectivity index (χ0v) is 11.9. The molecule has 0 spiro atoms. The zero-order chi connectivity index (χ0) is 12.8. The Morgan fingerprint density at radius 1 is 1.35 bits per heavy atom. The molecule has 96 valence electrons. The van der Waals surface area contributed by atoms with Crippen LogP contribution in [0.3, 0.4) is 0 Å². The summed E-state index contributed by atoms with van der Waals surface area (Å²) < 4.78 is 11.4. The van der Waals surface area contributed by atoms with Crippen LogP contribution in [0.25, 0.3) is 0 Å². The summed E-state index contributed by atoms with van der Waals surface area (Å²) in [5.41, 5.74) is 1.01. The van der Waals surface area contributed by atoms with E-state index in [1.165, 1.54) is 0 Å². The number of hydrogen-bond acceptors (Lipinski definition) is 4. The Kier molecular flexibility index (Phi) is 5.74. The van der Waals surface area contributed by atoms with E-state index >= 15 is 0 Å². The molecule has 0 radical (unpaired) electrons. The standard InChI is InChI=1S/C12H18BrNO3/c1-8(15)6-14-7-10-11(13)4-9(16-2)5-12(10)17-3/h4-5,8,14-15H,6-7H2,1-3H3. The monoisotopic (exact) mass is 303 g/mol. The van der Waals surface area contributed by atoms with Crippen LogP contribution in [0.2, 0.25) is 0 Å². The van der Waals surface area contributed by atoms with E-state index in [1.54, 1.807) is 21.1 Å². The van der Waals surface area contributed by atoms with Crippen molar-refractivity contribution in [1.82, 2.24) is 5.32 Å². The van der Waals surface area contributed by atoms with Gasteiger partial charge in [0, 0.05) is 29.2 Å². The summed E-state index contributed by atoms with van der Waals surface area (Å²) in [5, 5.41) is 12.3. The second-order valence-electron chi connectivity index (χ2n) is 3.77. The fourth-order valence-corrected chi connectivity index (χ4v) is 2.03. The van der Waals surface area contributed by atoms with Gasteiger partial charge in [0.1, 0.15) is 11.5 Å². The minimum atomic E-state index is -0.363. The summed E-state index contributed by atoms with van der Waals surface area (Å²) in [5.74, 6) is 1.50. The molecule has 0 aromatic heterocycles. The maximum absolute atomic E-state index is 9.18. The Labute approximate surface area is 110 Å². The molecule has 0 fully saturated rings. The quantitative estimate of drug-likeness (QED) is 0.843. The highest BCUT2D eigenvalue weighted by Gasteiger charge is 2.10. The summed E-state index contributed by atoms with van der Waals surface area (Å²) >= 11 is 3.48. The molecule has 0 amide bonds. The van der Waals surface area contributed by atoms with Crippen molar-refractivity contribution in [2.24, 2.45) is 0 Å². The van der Waals surface area contributed by atoms with Gasteiger partial charge in [-0.05, 0) is 13.0 Å². The van der Waals surface area contributed by atoms with Crippen molar-refractivity contribution >= 4 is 15.9 Å².